The molecule has 1 amide bonds. The number of amides is 1. The van der Waals surface area contributed by atoms with Crippen molar-refractivity contribution in [3.8, 4) is 11.5 Å². The first-order chi connectivity index (χ1) is 19.9. The Kier molecular flexibility index (Phi) is 8.21. The summed E-state index contributed by atoms with van der Waals surface area (Å²) >= 11 is 0. The number of halogens is 1. The molecular formula is C31H34FN5O4. The number of rotatable bonds is 9. The lowest BCUT2D eigenvalue weighted by molar-refractivity contribution is -0.133. The van der Waals surface area contributed by atoms with Gasteiger partial charge < -0.3 is 30.5 Å². The third kappa shape index (κ3) is 5.88. The number of piperidine rings is 1. The molecule has 4 aromatic rings. The fourth-order valence-electron chi connectivity index (χ4n) is 5.45. The molecule has 5 rings (SSSR count). The number of fused-ring (bicyclic) bond motifs is 1. The van der Waals surface area contributed by atoms with Gasteiger partial charge in [0.25, 0.3) is 0 Å². The van der Waals surface area contributed by atoms with Crippen LogP contribution < -0.4 is 25.4 Å². The minimum atomic E-state index is -0.732. The lowest BCUT2D eigenvalue weighted by Gasteiger charge is -2.41. The zero-order valence-corrected chi connectivity index (χ0v) is 23.1. The first-order valence-corrected chi connectivity index (χ1v) is 13.5. The monoisotopic (exact) mass is 559 g/mol. The number of methoxy groups -OCH3 is 2. The van der Waals surface area contributed by atoms with E-state index in [1.54, 1.807) is 38.5 Å². The number of carbonyl (C=O) groups excluding carboxylic acids is 1. The Morgan fingerprint density at radius 1 is 1.05 bits per heavy atom. The van der Waals surface area contributed by atoms with Gasteiger partial charge in [-0.1, -0.05) is 42.5 Å². The van der Waals surface area contributed by atoms with E-state index in [-0.39, 0.29) is 18.3 Å². The molecule has 3 aromatic carbocycles. The lowest BCUT2D eigenvalue weighted by atomic mass is 9.72. The average molecular weight is 560 g/mol. The fourth-order valence-corrected chi connectivity index (χ4v) is 5.45. The summed E-state index contributed by atoms with van der Waals surface area (Å²) in [6.07, 6.45) is 1.60. The van der Waals surface area contributed by atoms with Crippen molar-refractivity contribution in [1.29, 1.82) is 0 Å². The number of nitrogens with two attached hydrogens (primary N) is 1. The molecular weight excluding hydrogens is 525 g/mol. The number of aliphatic hydroxyl groups is 1. The van der Waals surface area contributed by atoms with Crippen molar-refractivity contribution in [2.24, 2.45) is 5.41 Å². The smallest absolute Gasteiger partial charge is 0.227 e. The molecule has 1 aliphatic rings. The van der Waals surface area contributed by atoms with Gasteiger partial charge in [-0.25, -0.2) is 9.37 Å². The van der Waals surface area contributed by atoms with Gasteiger partial charge in [-0.3, -0.25) is 4.79 Å². The van der Waals surface area contributed by atoms with E-state index < -0.39 is 11.5 Å². The topological polar surface area (TPSA) is 123 Å². The van der Waals surface area contributed by atoms with Gasteiger partial charge in [0.1, 0.15) is 11.6 Å². The number of nitrogens with one attached hydrogen (secondary N) is 1. The number of aromatic nitrogens is 2. The summed E-state index contributed by atoms with van der Waals surface area (Å²) in [6, 6.07) is 18.6. The molecule has 214 valence electrons. The molecule has 2 heterocycles. The van der Waals surface area contributed by atoms with Gasteiger partial charge in [0.2, 0.25) is 11.9 Å². The Labute approximate surface area is 238 Å². The van der Waals surface area contributed by atoms with Crippen LogP contribution in [0, 0.1) is 11.2 Å². The van der Waals surface area contributed by atoms with E-state index >= 15 is 0 Å². The van der Waals surface area contributed by atoms with Gasteiger partial charge in [-0.15, -0.1) is 0 Å². The van der Waals surface area contributed by atoms with E-state index in [9.17, 15) is 14.3 Å². The first-order valence-electron chi connectivity index (χ1n) is 13.5. The van der Waals surface area contributed by atoms with Gasteiger partial charge in [-0.05, 0) is 48.6 Å². The van der Waals surface area contributed by atoms with Gasteiger partial charge in [0.05, 0.1) is 37.8 Å². The number of nitrogens with zero attached hydrogens (tertiary/aromatic N) is 3. The number of carbonyl (C=O) groups is 1. The molecule has 1 atom stereocenters. The minimum absolute atomic E-state index is 0.153. The van der Waals surface area contributed by atoms with Crippen molar-refractivity contribution in [3.63, 3.8) is 0 Å². The molecule has 0 spiro atoms. The van der Waals surface area contributed by atoms with Crippen LogP contribution in [0.3, 0.4) is 0 Å². The number of hydrogen-bond donors (Lipinski definition) is 3. The summed E-state index contributed by atoms with van der Waals surface area (Å²) in [5, 5.41) is 13.8. The second-order valence-corrected chi connectivity index (χ2v) is 10.3. The Morgan fingerprint density at radius 3 is 2.34 bits per heavy atom. The number of hydrogen-bond acceptors (Lipinski definition) is 8. The van der Waals surface area contributed by atoms with E-state index in [2.05, 4.69) is 10.3 Å². The number of anilines is 2. The molecule has 1 aliphatic heterocycles. The third-order valence-electron chi connectivity index (χ3n) is 7.85. The van der Waals surface area contributed by atoms with Crippen LogP contribution in [-0.4, -0.2) is 54.9 Å². The summed E-state index contributed by atoms with van der Waals surface area (Å²) in [5.74, 6) is 1.37. The summed E-state index contributed by atoms with van der Waals surface area (Å²) in [6.45, 7) is 0.751. The Hall–Kier alpha value is -4.44. The molecule has 1 unspecified atom stereocenters. The van der Waals surface area contributed by atoms with E-state index in [4.69, 9.17) is 20.2 Å². The third-order valence-corrected chi connectivity index (χ3v) is 7.85. The summed E-state index contributed by atoms with van der Waals surface area (Å²) in [7, 11) is 3.12. The van der Waals surface area contributed by atoms with E-state index in [1.165, 1.54) is 12.1 Å². The molecule has 41 heavy (non-hydrogen) atoms. The highest BCUT2D eigenvalue weighted by atomic mass is 19.1. The van der Waals surface area contributed by atoms with Crippen LogP contribution in [0.2, 0.25) is 0 Å². The van der Waals surface area contributed by atoms with Gasteiger partial charge in [0, 0.05) is 24.5 Å². The zero-order chi connectivity index (χ0) is 29.0. The van der Waals surface area contributed by atoms with Gasteiger partial charge >= 0.3 is 0 Å². The van der Waals surface area contributed by atoms with Gasteiger partial charge in [-0.2, -0.15) is 4.98 Å². The van der Waals surface area contributed by atoms with Crippen LogP contribution in [0.1, 0.15) is 30.0 Å². The van der Waals surface area contributed by atoms with Crippen LogP contribution in [0.4, 0.5) is 16.2 Å². The molecule has 0 radical (unpaired) electrons. The summed E-state index contributed by atoms with van der Waals surface area (Å²) < 4.78 is 24.3. The zero-order valence-electron chi connectivity index (χ0n) is 23.1. The number of nitrogen functional groups attached to an aromatic ring is 1. The maximum Gasteiger partial charge on any atom is 0.227 e. The Morgan fingerprint density at radius 2 is 1.71 bits per heavy atom. The number of aliphatic hydroxyl groups excluding tert-OH is 1. The van der Waals surface area contributed by atoms with Crippen molar-refractivity contribution < 1.29 is 23.8 Å². The summed E-state index contributed by atoms with van der Waals surface area (Å²) in [5.41, 5.74) is 7.92. The normalized spacial score (nSPS) is 15.4. The van der Waals surface area contributed by atoms with Crippen LogP contribution in [0.15, 0.2) is 66.7 Å². The van der Waals surface area contributed by atoms with E-state index in [0.717, 1.165) is 5.56 Å². The molecule has 9 nitrogen and oxygen atoms in total. The standard InChI is InChI=1S/C31H34FN5O4/c1-40-26-16-23-24(17-27(26)41-2)35-30(36-28(23)33)37-14-12-31(13-15-37,18-20-6-4-3-5-7-20)29(39)34-25(19-38)21-8-10-22(32)11-9-21/h3-11,16-17,25,38H,12-15,18-19H2,1-2H3,(H,34,39)(H2,33,35,36). The Bertz CT molecular complexity index is 1510. The molecule has 1 fully saturated rings. The Balaban J connectivity index is 1.40. The predicted octanol–water partition coefficient (Wildman–Crippen LogP) is 4.05. The molecule has 1 aromatic heterocycles. The lowest BCUT2D eigenvalue weighted by Crippen LogP contribution is -2.51. The molecule has 0 aliphatic carbocycles. The second-order valence-electron chi connectivity index (χ2n) is 10.3. The molecule has 10 heteroatoms. The number of benzene rings is 3. The average Bonchev–Trinajstić information content (AvgIpc) is 3.00. The highest BCUT2D eigenvalue weighted by Gasteiger charge is 2.42. The van der Waals surface area contributed by atoms with Crippen molar-refractivity contribution in [3.05, 3.63) is 83.7 Å². The molecule has 0 saturated carbocycles. The first kappa shape index (κ1) is 28.1. The maximum absolute atomic E-state index is 13.9. The molecule has 4 N–H and O–H groups in total. The van der Waals surface area contributed by atoms with Crippen LogP contribution in [0.5, 0.6) is 11.5 Å². The highest BCUT2D eigenvalue weighted by Crippen LogP contribution is 2.39. The van der Waals surface area contributed by atoms with Crippen molar-refractivity contribution in [1.82, 2.24) is 15.3 Å². The van der Waals surface area contributed by atoms with E-state index in [1.807, 2.05) is 35.2 Å². The molecule has 0 bridgehead atoms. The van der Waals surface area contributed by atoms with Crippen molar-refractivity contribution >= 4 is 28.6 Å². The van der Waals surface area contributed by atoms with Crippen LogP contribution >= 0.6 is 0 Å². The fraction of sp³-hybridized carbons (Fsp3) is 0.323. The second kappa shape index (κ2) is 12.0. The SMILES string of the molecule is COc1cc2nc(N3CCC(Cc4ccccc4)(C(=O)NC(CO)c4ccc(F)cc4)CC3)nc(N)c2cc1OC. The van der Waals surface area contributed by atoms with Crippen LogP contribution in [-0.2, 0) is 11.2 Å². The quantitative estimate of drug-likeness (QED) is 0.281. The van der Waals surface area contributed by atoms with Crippen molar-refractivity contribution in [2.75, 3.05) is 44.5 Å². The minimum Gasteiger partial charge on any atom is -0.493 e. The molecule has 1 saturated heterocycles. The highest BCUT2D eigenvalue weighted by molar-refractivity contribution is 5.92. The number of ether oxygens (including phenoxy) is 2. The summed E-state index contributed by atoms with van der Waals surface area (Å²) in [4.78, 5) is 25.3. The predicted molar refractivity (Wildman–Crippen MR) is 155 cm³/mol. The van der Waals surface area contributed by atoms with Gasteiger partial charge in [0.15, 0.2) is 11.5 Å². The van der Waals surface area contributed by atoms with Crippen molar-refractivity contribution in [2.45, 2.75) is 25.3 Å². The van der Waals surface area contributed by atoms with Crippen LogP contribution in [0.25, 0.3) is 10.9 Å². The maximum atomic E-state index is 13.9. The van der Waals surface area contributed by atoms with E-state index in [0.29, 0.717) is 72.1 Å². The largest absolute Gasteiger partial charge is 0.493 e.